The van der Waals surface area contributed by atoms with Crippen molar-refractivity contribution in [3.63, 3.8) is 0 Å². The molecule has 0 aromatic heterocycles. The lowest BCUT2D eigenvalue weighted by atomic mass is 10.3. The number of benzene rings is 1. The summed E-state index contributed by atoms with van der Waals surface area (Å²) in [6.45, 7) is 2.07. The van der Waals surface area contributed by atoms with E-state index in [1.165, 1.54) is 4.31 Å². The first-order chi connectivity index (χ1) is 7.11. The number of nitriles is 1. The van der Waals surface area contributed by atoms with Crippen LogP contribution in [0.5, 0.6) is 0 Å². The van der Waals surface area contributed by atoms with Crippen molar-refractivity contribution >= 4 is 15.7 Å². The van der Waals surface area contributed by atoms with Gasteiger partial charge in [-0.05, 0) is 19.1 Å². The number of para-hydroxylation sites is 1. The van der Waals surface area contributed by atoms with Crippen molar-refractivity contribution in [2.75, 3.05) is 16.6 Å². The van der Waals surface area contributed by atoms with Crippen LogP contribution in [-0.4, -0.2) is 20.7 Å². The first kappa shape index (κ1) is 11.5. The number of hydrogen-bond acceptors (Lipinski definition) is 3. The molecular formula is C10H12N2O2S. The molecule has 4 nitrogen and oxygen atoms in total. The lowest BCUT2D eigenvalue weighted by Gasteiger charge is -2.21. The average molecular weight is 224 g/mol. The summed E-state index contributed by atoms with van der Waals surface area (Å²) >= 11 is 0. The summed E-state index contributed by atoms with van der Waals surface area (Å²) in [5.74, 6) is -0.490. The molecule has 0 fully saturated rings. The van der Waals surface area contributed by atoms with Gasteiger partial charge in [0.05, 0.1) is 11.8 Å². The molecule has 1 rings (SSSR count). The highest BCUT2D eigenvalue weighted by atomic mass is 32.2. The monoisotopic (exact) mass is 224 g/mol. The maximum Gasteiger partial charge on any atom is 0.248 e. The highest BCUT2D eigenvalue weighted by Crippen LogP contribution is 2.16. The molecule has 1 aromatic rings. The summed E-state index contributed by atoms with van der Waals surface area (Å²) in [5.41, 5.74) is 0.593. The van der Waals surface area contributed by atoms with E-state index >= 15 is 0 Å². The highest BCUT2D eigenvalue weighted by molar-refractivity contribution is 7.93. The number of hydrogen-bond donors (Lipinski definition) is 0. The Morgan fingerprint density at radius 2 is 1.93 bits per heavy atom. The third-order valence-electron chi connectivity index (χ3n) is 1.91. The van der Waals surface area contributed by atoms with Gasteiger partial charge >= 0.3 is 0 Å². The van der Waals surface area contributed by atoms with Crippen LogP contribution in [-0.2, 0) is 10.0 Å². The van der Waals surface area contributed by atoms with Gasteiger partial charge in [-0.25, -0.2) is 8.42 Å². The molecular weight excluding hydrogens is 212 g/mol. The molecule has 0 aliphatic rings. The zero-order valence-corrected chi connectivity index (χ0v) is 9.24. The van der Waals surface area contributed by atoms with Crippen LogP contribution in [0.4, 0.5) is 5.69 Å². The molecule has 0 amide bonds. The molecule has 0 aliphatic carbocycles. The molecule has 15 heavy (non-hydrogen) atoms. The quantitative estimate of drug-likeness (QED) is 0.776. The summed E-state index contributed by atoms with van der Waals surface area (Å²) in [6, 6.07) is 10.4. The molecule has 0 spiro atoms. The molecule has 0 unspecified atom stereocenters. The first-order valence-corrected chi connectivity index (χ1v) is 6.15. The van der Waals surface area contributed by atoms with Gasteiger partial charge in [-0.2, -0.15) is 5.26 Å². The molecule has 0 radical (unpaired) electrons. The van der Waals surface area contributed by atoms with Crippen LogP contribution in [0.25, 0.3) is 0 Å². The predicted molar refractivity (Wildman–Crippen MR) is 58.9 cm³/mol. The largest absolute Gasteiger partial charge is 0.270 e. The topological polar surface area (TPSA) is 61.2 Å². The van der Waals surface area contributed by atoms with Crippen molar-refractivity contribution in [1.82, 2.24) is 0 Å². The zero-order chi connectivity index (χ0) is 11.3. The number of nitrogens with zero attached hydrogens (tertiary/aromatic N) is 2. The van der Waals surface area contributed by atoms with E-state index in [0.29, 0.717) is 12.2 Å². The van der Waals surface area contributed by atoms with Crippen molar-refractivity contribution in [3.8, 4) is 6.07 Å². The Hall–Kier alpha value is -1.54. The van der Waals surface area contributed by atoms with Gasteiger partial charge in [-0.15, -0.1) is 0 Å². The number of sulfonamides is 1. The SMILES string of the molecule is CCN(c1ccccc1)S(=O)(=O)CC#N. The second kappa shape index (κ2) is 4.80. The van der Waals surface area contributed by atoms with E-state index in [9.17, 15) is 8.42 Å². The van der Waals surface area contributed by atoms with Gasteiger partial charge in [0.15, 0.2) is 5.75 Å². The number of rotatable bonds is 4. The van der Waals surface area contributed by atoms with Crippen molar-refractivity contribution in [2.45, 2.75) is 6.92 Å². The molecule has 5 heteroatoms. The van der Waals surface area contributed by atoms with Crippen LogP contribution in [0, 0.1) is 11.3 Å². The summed E-state index contributed by atoms with van der Waals surface area (Å²) < 4.78 is 24.6. The Morgan fingerprint density at radius 1 is 1.33 bits per heavy atom. The molecule has 1 aromatic carbocycles. The van der Waals surface area contributed by atoms with Crippen LogP contribution >= 0.6 is 0 Å². The Labute approximate surface area is 89.8 Å². The molecule has 0 bridgehead atoms. The summed E-state index contributed by atoms with van der Waals surface area (Å²) in [4.78, 5) is 0. The fourth-order valence-electron chi connectivity index (χ4n) is 1.29. The van der Waals surface area contributed by atoms with Crippen molar-refractivity contribution in [1.29, 1.82) is 5.26 Å². The standard InChI is InChI=1S/C10H12N2O2S/c1-2-12(15(13,14)9-8-11)10-6-4-3-5-7-10/h3-7H,2,9H2,1H3. The zero-order valence-electron chi connectivity index (χ0n) is 8.42. The van der Waals surface area contributed by atoms with Crippen LogP contribution in [0.15, 0.2) is 30.3 Å². The highest BCUT2D eigenvalue weighted by Gasteiger charge is 2.19. The van der Waals surface area contributed by atoms with Crippen molar-refractivity contribution < 1.29 is 8.42 Å². The first-order valence-electron chi connectivity index (χ1n) is 4.54. The van der Waals surface area contributed by atoms with Crippen LogP contribution in [0.2, 0.25) is 0 Å². The van der Waals surface area contributed by atoms with E-state index in [2.05, 4.69) is 0 Å². The normalized spacial score (nSPS) is 10.7. The molecule has 0 atom stereocenters. The molecule has 0 heterocycles. The van der Waals surface area contributed by atoms with E-state index in [1.807, 2.05) is 6.07 Å². The lowest BCUT2D eigenvalue weighted by Crippen LogP contribution is -2.32. The lowest BCUT2D eigenvalue weighted by molar-refractivity contribution is 0.595. The maximum atomic E-state index is 11.7. The third-order valence-corrected chi connectivity index (χ3v) is 3.55. The fourth-order valence-corrected chi connectivity index (χ4v) is 2.45. The van der Waals surface area contributed by atoms with Crippen LogP contribution < -0.4 is 4.31 Å². The Kier molecular flexibility index (Phi) is 3.69. The third kappa shape index (κ3) is 2.70. The Morgan fingerprint density at radius 3 is 2.40 bits per heavy atom. The predicted octanol–water partition coefficient (Wildman–Crippen LogP) is 1.37. The van der Waals surface area contributed by atoms with Gasteiger partial charge in [0.2, 0.25) is 10.0 Å². The summed E-state index contributed by atoms with van der Waals surface area (Å²) in [7, 11) is -3.50. The minimum absolute atomic E-state index is 0.327. The molecule has 0 saturated carbocycles. The van der Waals surface area contributed by atoms with E-state index in [4.69, 9.17) is 5.26 Å². The average Bonchev–Trinajstić information content (AvgIpc) is 2.19. The molecule has 80 valence electrons. The smallest absolute Gasteiger partial charge is 0.248 e. The van der Waals surface area contributed by atoms with Crippen molar-refractivity contribution in [2.24, 2.45) is 0 Å². The van der Waals surface area contributed by atoms with E-state index in [0.717, 1.165) is 0 Å². The summed E-state index contributed by atoms with van der Waals surface area (Å²) in [6.07, 6.45) is 0. The maximum absolute atomic E-state index is 11.7. The summed E-state index contributed by atoms with van der Waals surface area (Å²) in [5, 5.41) is 8.44. The Bertz CT molecular complexity index is 448. The van der Waals surface area contributed by atoms with E-state index < -0.39 is 15.8 Å². The van der Waals surface area contributed by atoms with Gasteiger partial charge in [0.1, 0.15) is 0 Å². The van der Waals surface area contributed by atoms with Gasteiger partial charge in [0, 0.05) is 6.54 Å². The minimum atomic E-state index is -3.50. The van der Waals surface area contributed by atoms with Gasteiger partial charge < -0.3 is 0 Å². The second-order valence-electron chi connectivity index (χ2n) is 2.91. The van der Waals surface area contributed by atoms with Gasteiger partial charge in [-0.1, -0.05) is 18.2 Å². The van der Waals surface area contributed by atoms with Crippen LogP contribution in [0.1, 0.15) is 6.92 Å². The number of anilines is 1. The minimum Gasteiger partial charge on any atom is -0.270 e. The fraction of sp³-hybridized carbons (Fsp3) is 0.300. The van der Waals surface area contributed by atoms with Gasteiger partial charge in [-0.3, -0.25) is 4.31 Å². The van der Waals surface area contributed by atoms with Crippen LogP contribution in [0.3, 0.4) is 0 Å². The second-order valence-corrected chi connectivity index (χ2v) is 4.81. The molecule has 0 N–H and O–H groups in total. The van der Waals surface area contributed by atoms with E-state index in [-0.39, 0.29) is 0 Å². The molecule has 0 saturated heterocycles. The Balaban J connectivity index is 3.07. The van der Waals surface area contributed by atoms with Gasteiger partial charge in [0.25, 0.3) is 0 Å². The van der Waals surface area contributed by atoms with E-state index in [1.54, 1.807) is 37.3 Å². The molecule has 0 aliphatic heterocycles. The van der Waals surface area contributed by atoms with Crippen molar-refractivity contribution in [3.05, 3.63) is 30.3 Å².